The van der Waals surface area contributed by atoms with Crippen LogP contribution in [0.5, 0.6) is 0 Å². The van der Waals surface area contributed by atoms with E-state index in [0.29, 0.717) is 26.1 Å². The fourth-order valence-corrected chi connectivity index (χ4v) is 5.13. The van der Waals surface area contributed by atoms with Crippen LogP contribution in [0.4, 0.5) is 0 Å². The predicted octanol–water partition coefficient (Wildman–Crippen LogP) is 8.24. The molecule has 0 unspecified atom stereocenters. The van der Waals surface area contributed by atoms with Gasteiger partial charge in [-0.25, -0.2) is 9.78 Å². The molecule has 1 aromatic heterocycles. The van der Waals surface area contributed by atoms with Crippen LogP contribution in [0.15, 0.2) is 66.9 Å². The maximum absolute atomic E-state index is 10.7. The molecule has 0 bridgehead atoms. The number of hydrogen-bond donors (Lipinski definition) is 1. The lowest BCUT2D eigenvalue weighted by Crippen LogP contribution is -2.26. The van der Waals surface area contributed by atoms with E-state index < -0.39 is 5.60 Å². The molecule has 0 amide bonds. The number of pyridine rings is 1. The Labute approximate surface area is 229 Å². The maximum Gasteiger partial charge on any atom is 0.0863 e. The van der Waals surface area contributed by atoms with Gasteiger partial charge in [0.1, 0.15) is 0 Å². The summed E-state index contributed by atoms with van der Waals surface area (Å²) in [6.45, 7) is 13.8. The number of nitrogens with zero attached hydrogens (tertiary/aromatic N) is 1. The van der Waals surface area contributed by atoms with Crippen molar-refractivity contribution < 1.29 is 14.9 Å². The molecule has 4 nitrogen and oxygen atoms in total. The lowest BCUT2D eigenvalue weighted by Gasteiger charge is -2.34. The molecule has 0 saturated carbocycles. The van der Waals surface area contributed by atoms with E-state index in [9.17, 15) is 5.11 Å². The summed E-state index contributed by atoms with van der Waals surface area (Å²) in [5, 5.41) is 10.7. The van der Waals surface area contributed by atoms with Gasteiger partial charge in [-0.3, -0.25) is 4.98 Å². The summed E-state index contributed by atoms with van der Waals surface area (Å²) in [5.41, 5.74) is 7.46. The van der Waals surface area contributed by atoms with Crippen molar-refractivity contribution in [2.45, 2.75) is 84.7 Å². The summed E-state index contributed by atoms with van der Waals surface area (Å²) in [6, 6.07) is 19.9. The third-order valence-electron chi connectivity index (χ3n) is 8.06. The summed E-state index contributed by atoms with van der Waals surface area (Å²) in [7, 11) is 0. The molecule has 0 radical (unpaired) electrons. The average Bonchev–Trinajstić information content (AvgIpc) is 2.96. The number of aliphatic hydroxyl groups is 1. The van der Waals surface area contributed by atoms with E-state index in [1.807, 2.05) is 33.0 Å². The fourth-order valence-electron chi connectivity index (χ4n) is 5.13. The van der Waals surface area contributed by atoms with E-state index in [0.717, 1.165) is 41.6 Å². The third kappa shape index (κ3) is 6.99. The van der Waals surface area contributed by atoms with Gasteiger partial charge in [-0.15, -0.1) is 0 Å². The van der Waals surface area contributed by atoms with Crippen LogP contribution in [0, 0.1) is 6.92 Å². The van der Waals surface area contributed by atoms with Crippen molar-refractivity contribution >= 4 is 6.08 Å². The van der Waals surface area contributed by atoms with E-state index in [2.05, 4.69) is 86.4 Å². The van der Waals surface area contributed by atoms with Crippen molar-refractivity contribution in [3.05, 3.63) is 94.7 Å². The molecule has 204 valence electrons. The standard InChI is InChI=1S/C34H45NO3/c1-7-33(36,8-2)22-20-28-13-18-31(24-26(28)6)34(9-3,10-4)30-16-14-29(15-17-30)32-19-12-27(25-35-32)21-23-38-37-11-5/h12-20,22,24-25,36H,7-11,21,23H2,1-6H3/b22-20+. The van der Waals surface area contributed by atoms with Gasteiger partial charge in [0.25, 0.3) is 0 Å². The highest BCUT2D eigenvalue weighted by Gasteiger charge is 2.31. The van der Waals surface area contributed by atoms with Gasteiger partial charge in [-0.1, -0.05) is 88.4 Å². The Hall–Kier alpha value is -2.79. The van der Waals surface area contributed by atoms with Crippen LogP contribution in [0.2, 0.25) is 0 Å². The lowest BCUT2D eigenvalue weighted by atomic mass is 9.70. The molecular weight excluding hydrogens is 470 g/mol. The number of aromatic nitrogens is 1. The molecule has 2 aromatic carbocycles. The van der Waals surface area contributed by atoms with Gasteiger partial charge < -0.3 is 5.11 Å². The minimum atomic E-state index is -0.739. The summed E-state index contributed by atoms with van der Waals surface area (Å²) in [6.07, 6.45) is 10.2. The highest BCUT2D eigenvalue weighted by Crippen LogP contribution is 2.40. The second-order valence-corrected chi connectivity index (χ2v) is 10.1. The van der Waals surface area contributed by atoms with Crippen molar-refractivity contribution in [1.82, 2.24) is 4.98 Å². The molecule has 38 heavy (non-hydrogen) atoms. The quantitative estimate of drug-likeness (QED) is 0.133. The van der Waals surface area contributed by atoms with Crippen LogP contribution >= 0.6 is 0 Å². The van der Waals surface area contributed by atoms with Crippen molar-refractivity contribution in [3.8, 4) is 11.3 Å². The molecule has 1 N–H and O–H groups in total. The molecular formula is C34H45NO3. The van der Waals surface area contributed by atoms with Crippen LogP contribution in [0.1, 0.15) is 88.1 Å². The Morgan fingerprint density at radius 2 is 1.50 bits per heavy atom. The fraction of sp³-hybridized carbons (Fsp3) is 0.441. The zero-order valence-corrected chi connectivity index (χ0v) is 24.1. The van der Waals surface area contributed by atoms with Gasteiger partial charge >= 0.3 is 0 Å². The van der Waals surface area contributed by atoms with Crippen molar-refractivity contribution in [3.63, 3.8) is 0 Å². The average molecular weight is 516 g/mol. The number of hydrogen-bond acceptors (Lipinski definition) is 4. The van der Waals surface area contributed by atoms with Gasteiger partial charge in [-0.2, -0.15) is 0 Å². The topological polar surface area (TPSA) is 51.6 Å². The lowest BCUT2D eigenvalue weighted by molar-refractivity contribution is -0.290. The minimum absolute atomic E-state index is 0.0586. The monoisotopic (exact) mass is 515 g/mol. The van der Waals surface area contributed by atoms with E-state index >= 15 is 0 Å². The summed E-state index contributed by atoms with van der Waals surface area (Å²) < 4.78 is 0. The molecule has 1 heterocycles. The van der Waals surface area contributed by atoms with Gasteiger partial charge in [0, 0.05) is 23.6 Å². The number of rotatable bonds is 14. The first kappa shape index (κ1) is 29.8. The third-order valence-corrected chi connectivity index (χ3v) is 8.06. The minimum Gasteiger partial charge on any atom is -0.386 e. The summed E-state index contributed by atoms with van der Waals surface area (Å²) in [4.78, 5) is 14.7. The van der Waals surface area contributed by atoms with Crippen LogP contribution in [-0.4, -0.2) is 28.9 Å². The molecule has 0 saturated heterocycles. The maximum atomic E-state index is 10.7. The molecule has 0 aliphatic rings. The highest BCUT2D eigenvalue weighted by atomic mass is 17.2. The van der Waals surface area contributed by atoms with Crippen LogP contribution < -0.4 is 0 Å². The normalized spacial score (nSPS) is 12.4. The molecule has 3 aromatic rings. The summed E-state index contributed by atoms with van der Waals surface area (Å²) >= 11 is 0. The van der Waals surface area contributed by atoms with Gasteiger partial charge in [0.2, 0.25) is 0 Å². The van der Waals surface area contributed by atoms with Crippen molar-refractivity contribution in [2.24, 2.45) is 0 Å². The second-order valence-electron chi connectivity index (χ2n) is 10.1. The first-order chi connectivity index (χ1) is 18.3. The van der Waals surface area contributed by atoms with Gasteiger partial charge in [0.05, 0.1) is 24.5 Å². The van der Waals surface area contributed by atoms with Gasteiger partial charge in [-0.05, 0) is 73.4 Å². The first-order valence-corrected chi connectivity index (χ1v) is 14.2. The Bertz CT molecular complexity index is 1160. The molecule has 0 atom stereocenters. The highest BCUT2D eigenvalue weighted by molar-refractivity contribution is 5.61. The zero-order valence-electron chi connectivity index (χ0n) is 24.1. The molecule has 0 spiro atoms. The summed E-state index contributed by atoms with van der Waals surface area (Å²) in [5.74, 6) is 0. The van der Waals surface area contributed by atoms with Crippen LogP contribution in [0.25, 0.3) is 17.3 Å². The van der Waals surface area contributed by atoms with Crippen LogP contribution in [-0.2, 0) is 21.6 Å². The van der Waals surface area contributed by atoms with Crippen molar-refractivity contribution in [1.29, 1.82) is 0 Å². The second kappa shape index (κ2) is 13.8. The van der Waals surface area contributed by atoms with Gasteiger partial charge in [0.15, 0.2) is 0 Å². The van der Waals surface area contributed by atoms with E-state index in [4.69, 9.17) is 9.78 Å². The molecule has 0 aliphatic heterocycles. The predicted molar refractivity (Wildman–Crippen MR) is 158 cm³/mol. The van der Waals surface area contributed by atoms with Crippen molar-refractivity contribution in [2.75, 3.05) is 13.2 Å². The zero-order chi connectivity index (χ0) is 27.6. The molecule has 3 rings (SSSR count). The Morgan fingerprint density at radius 3 is 2.05 bits per heavy atom. The van der Waals surface area contributed by atoms with E-state index in [-0.39, 0.29) is 5.41 Å². The smallest absolute Gasteiger partial charge is 0.0863 e. The first-order valence-electron chi connectivity index (χ1n) is 14.2. The number of aryl methyl sites for hydroxylation is 1. The van der Waals surface area contributed by atoms with E-state index in [1.54, 1.807) is 0 Å². The Kier molecular flexibility index (Phi) is 10.8. The Morgan fingerprint density at radius 1 is 0.816 bits per heavy atom. The Balaban J connectivity index is 1.82. The van der Waals surface area contributed by atoms with E-state index in [1.165, 1.54) is 16.7 Å². The number of benzene rings is 2. The molecule has 0 aliphatic carbocycles. The van der Waals surface area contributed by atoms with Crippen LogP contribution in [0.3, 0.4) is 0 Å². The largest absolute Gasteiger partial charge is 0.386 e. The molecule has 4 heteroatoms. The SMILES string of the molecule is CCOOCCc1ccc(-c2ccc(C(CC)(CC)c3ccc(/C=C/C(O)(CC)CC)c(C)c3)cc2)nc1. The molecule has 0 fully saturated rings.